The van der Waals surface area contributed by atoms with Crippen LogP contribution in [0, 0.1) is 6.92 Å². The Bertz CT molecular complexity index is 1010. The van der Waals surface area contributed by atoms with Gasteiger partial charge >= 0.3 is 0 Å². The fraction of sp³-hybridized carbons (Fsp3) is 0.478. The topological polar surface area (TPSA) is 98.3 Å². The minimum atomic E-state index is -0.167. The van der Waals surface area contributed by atoms with E-state index in [2.05, 4.69) is 25.3 Å². The molecule has 0 aliphatic carbocycles. The summed E-state index contributed by atoms with van der Waals surface area (Å²) in [6.45, 7) is 6.74. The highest BCUT2D eigenvalue weighted by Gasteiger charge is 2.25. The van der Waals surface area contributed by atoms with E-state index in [1.807, 2.05) is 26.0 Å². The van der Waals surface area contributed by atoms with Crippen molar-refractivity contribution in [2.24, 2.45) is 0 Å². The summed E-state index contributed by atoms with van der Waals surface area (Å²) in [4.78, 5) is 23.8. The van der Waals surface area contributed by atoms with Crippen LogP contribution >= 0.6 is 0 Å². The maximum absolute atomic E-state index is 13.0. The second kappa shape index (κ2) is 10.4. The highest BCUT2D eigenvalue weighted by molar-refractivity contribution is 5.95. The van der Waals surface area contributed by atoms with Gasteiger partial charge in [-0.1, -0.05) is 12.8 Å². The number of hydrogen-bond acceptors (Lipinski definition) is 7. The lowest BCUT2D eigenvalue weighted by molar-refractivity contribution is 0.0926. The molecule has 0 bridgehead atoms. The Balaban J connectivity index is 1.48. The van der Waals surface area contributed by atoms with Crippen molar-refractivity contribution in [3.63, 3.8) is 0 Å². The Hall–Kier alpha value is -3.20. The number of rotatable bonds is 8. The molecule has 1 unspecified atom stereocenters. The molecule has 4 heterocycles. The molecule has 0 spiro atoms. The first kappa shape index (κ1) is 22.0. The summed E-state index contributed by atoms with van der Waals surface area (Å²) in [6.07, 6.45) is 9.52. The number of nitrogens with zero attached hydrogens (tertiary/aromatic N) is 5. The van der Waals surface area contributed by atoms with Gasteiger partial charge in [-0.25, -0.2) is 14.6 Å². The highest BCUT2D eigenvalue weighted by atomic mass is 16.5. The number of hydrogen-bond donors (Lipinski definition) is 1. The molecular formula is C23H30N6O3. The summed E-state index contributed by atoms with van der Waals surface area (Å²) in [5, 5.41) is 7.46. The molecule has 0 saturated carbocycles. The van der Waals surface area contributed by atoms with E-state index in [-0.39, 0.29) is 11.9 Å². The van der Waals surface area contributed by atoms with Gasteiger partial charge in [0.05, 0.1) is 36.4 Å². The van der Waals surface area contributed by atoms with E-state index in [1.165, 1.54) is 32.0 Å². The molecule has 3 aromatic heterocycles. The molecule has 1 N–H and O–H groups in total. The quantitative estimate of drug-likeness (QED) is 0.576. The van der Waals surface area contributed by atoms with E-state index in [0.29, 0.717) is 36.1 Å². The molecule has 1 fully saturated rings. The maximum Gasteiger partial charge on any atom is 0.254 e. The predicted octanol–water partition coefficient (Wildman–Crippen LogP) is 3.31. The van der Waals surface area contributed by atoms with E-state index in [4.69, 9.17) is 9.15 Å². The lowest BCUT2D eigenvalue weighted by atomic mass is 10.1. The molecule has 1 aliphatic heterocycles. The van der Waals surface area contributed by atoms with Crippen LogP contribution in [0.3, 0.4) is 0 Å². The fourth-order valence-corrected chi connectivity index (χ4v) is 4.12. The first-order valence-electron chi connectivity index (χ1n) is 11.2. The monoisotopic (exact) mass is 438 g/mol. The van der Waals surface area contributed by atoms with Crippen molar-refractivity contribution in [3.05, 3.63) is 54.0 Å². The largest absolute Gasteiger partial charge is 0.478 e. The van der Waals surface area contributed by atoms with Crippen LogP contribution in [-0.4, -0.2) is 56.8 Å². The molecule has 4 rings (SSSR count). The van der Waals surface area contributed by atoms with Crippen LogP contribution in [0.25, 0.3) is 5.82 Å². The molecule has 1 atom stereocenters. The van der Waals surface area contributed by atoms with Crippen molar-refractivity contribution in [1.29, 1.82) is 0 Å². The Morgan fingerprint density at radius 3 is 2.78 bits per heavy atom. The van der Waals surface area contributed by atoms with Gasteiger partial charge in [0.1, 0.15) is 12.1 Å². The summed E-state index contributed by atoms with van der Waals surface area (Å²) < 4.78 is 12.8. The fourth-order valence-electron chi connectivity index (χ4n) is 4.12. The minimum Gasteiger partial charge on any atom is -0.478 e. The molecule has 1 saturated heterocycles. The minimum absolute atomic E-state index is 0.0121. The number of amides is 1. The van der Waals surface area contributed by atoms with Crippen molar-refractivity contribution in [1.82, 2.24) is 30.0 Å². The molecule has 32 heavy (non-hydrogen) atoms. The third kappa shape index (κ3) is 4.99. The Kier molecular flexibility index (Phi) is 7.16. The van der Waals surface area contributed by atoms with Crippen molar-refractivity contribution >= 4 is 5.91 Å². The molecule has 0 radical (unpaired) electrons. The average Bonchev–Trinajstić information content (AvgIpc) is 3.38. The third-order valence-electron chi connectivity index (χ3n) is 5.80. The zero-order valence-electron chi connectivity index (χ0n) is 18.7. The van der Waals surface area contributed by atoms with E-state index in [0.717, 1.165) is 18.8 Å². The summed E-state index contributed by atoms with van der Waals surface area (Å²) in [7, 11) is 0. The lowest BCUT2D eigenvalue weighted by Gasteiger charge is -2.29. The Labute approximate surface area is 187 Å². The first-order chi connectivity index (χ1) is 15.7. The van der Waals surface area contributed by atoms with E-state index < -0.39 is 0 Å². The number of likely N-dealkylation sites (tertiary alicyclic amines) is 1. The van der Waals surface area contributed by atoms with Gasteiger partial charge in [0.25, 0.3) is 5.91 Å². The number of nitrogens with one attached hydrogen (secondary N) is 1. The summed E-state index contributed by atoms with van der Waals surface area (Å²) in [6, 6.07) is 5.60. The zero-order chi connectivity index (χ0) is 22.3. The average molecular weight is 439 g/mol. The molecule has 0 aromatic carbocycles. The Morgan fingerprint density at radius 2 is 2.06 bits per heavy atom. The van der Waals surface area contributed by atoms with Crippen LogP contribution in [0.2, 0.25) is 0 Å². The van der Waals surface area contributed by atoms with Crippen LogP contribution in [0.4, 0.5) is 0 Å². The van der Waals surface area contributed by atoms with Gasteiger partial charge in [-0.05, 0) is 51.9 Å². The molecule has 170 valence electrons. The molecule has 9 nitrogen and oxygen atoms in total. The van der Waals surface area contributed by atoms with Crippen LogP contribution < -0.4 is 10.1 Å². The van der Waals surface area contributed by atoms with Crippen molar-refractivity contribution < 1.29 is 13.9 Å². The highest BCUT2D eigenvalue weighted by Crippen LogP contribution is 2.24. The van der Waals surface area contributed by atoms with Crippen LogP contribution in [-0.2, 0) is 0 Å². The van der Waals surface area contributed by atoms with Gasteiger partial charge in [0, 0.05) is 12.6 Å². The molecular weight excluding hydrogens is 408 g/mol. The van der Waals surface area contributed by atoms with Gasteiger partial charge in [-0.2, -0.15) is 5.10 Å². The number of carbonyl (C=O) groups excluding carboxylic acids is 1. The molecule has 9 heteroatoms. The molecule has 1 amide bonds. The number of ether oxygens (including phenoxy) is 1. The summed E-state index contributed by atoms with van der Waals surface area (Å²) >= 11 is 0. The number of aromatic nitrogens is 4. The van der Waals surface area contributed by atoms with E-state index in [9.17, 15) is 4.79 Å². The first-order valence-corrected chi connectivity index (χ1v) is 11.2. The smallest absolute Gasteiger partial charge is 0.254 e. The number of furan rings is 1. The second-order valence-corrected chi connectivity index (χ2v) is 7.89. The van der Waals surface area contributed by atoms with Gasteiger partial charge in [-0.15, -0.1) is 0 Å². The third-order valence-corrected chi connectivity index (χ3v) is 5.80. The van der Waals surface area contributed by atoms with Gasteiger partial charge < -0.3 is 14.5 Å². The molecule has 3 aromatic rings. The van der Waals surface area contributed by atoms with Gasteiger partial charge in [0.15, 0.2) is 5.82 Å². The SMILES string of the molecule is CCOc1cc(-n2ncc(C(=O)NCC(c3ccco3)N3CCCCCC3)c2C)ncn1. The summed E-state index contributed by atoms with van der Waals surface area (Å²) in [5.41, 5.74) is 1.21. The van der Waals surface area contributed by atoms with Gasteiger partial charge in [-0.3, -0.25) is 9.69 Å². The van der Waals surface area contributed by atoms with Crippen LogP contribution in [0.5, 0.6) is 5.88 Å². The van der Waals surface area contributed by atoms with E-state index in [1.54, 1.807) is 23.2 Å². The molecule has 1 aliphatic rings. The standard InChI is InChI=1S/C23H30N6O3/c1-3-31-22-13-21(25-16-26-22)29-17(2)18(14-27-29)23(30)24-15-19(20-9-8-12-32-20)28-10-6-4-5-7-11-28/h8-9,12-14,16,19H,3-7,10-11,15H2,1-2H3,(H,24,30). The van der Waals surface area contributed by atoms with Crippen LogP contribution in [0.1, 0.15) is 60.5 Å². The zero-order valence-corrected chi connectivity index (χ0v) is 18.7. The van der Waals surface area contributed by atoms with E-state index >= 15 is 0 Å². The van der Waals surface area contributed by atoms with Crippen molar-refractivity contribution in [2.45, 2.75) is 45.6 Å². The number of carbonyl (C=O) groups is 1. The summed E-state index contributed by atoms with van der Waals surface area (Å²) in [5.74, 6) is 1.73. The van der Waals surface area contributed by atoms with Crippen molar-refractivity contribution in [2.75, 3.05) is 26.2 Å². The maximum atomic E-state index is 13.0. The normalized spacial score (nSPS) is 15.8. The Morgan fingerprint density at radius 1 is 1.25 bits per heavy atom. The van der Waals surface area contributed by atoms with Crippen molar-refractivity contribution in [3.8, 4) is 11.7 Å². The lowest BCUT2D eigenvalue weighted by Crippen LogP contribution is -2.38. The van der Waals surface area contributed by atoms with Crippen LogP contribution in [0.15, 0.2) is 41.4 Å². The van der Waals surface area contributed by atoms with Gasteiger partial charge in [0.2, 0.25) is 5.88 Å². The predicted molar refractivity (Wildman–Crippen MR) is 119 cm³/mol. The second-order valence-electron chi connectivity index (χ2n) is 7.89.